The summed E-state index contributed by atoms with van der Waals surface area (Å²) < 4.78 is 0. The van der Waals surface area contributed by atoms with Gasteiger partial charge < -0.3 is 10.4 Å². The van der Waals surface area contributed by atoms with Crippen molar-refractivity contribution in [1.29, 1.82) is 0 Å². The van der Waals surface area contributed by atoms with E-state index in [1.807, 2.05) is 0 Å². The van der Waals surface area contributed by atoms with E-state index in [1.165, 1.54) is 12.8 Å². The van der Waals surface area contributed by atoms with Crippen LogP contribution in [-0.2, 0) is 9.59 Å². The zero-order valence-corrected chi connectivity index (χ0v) is 16.2. The van der Waals surface area contributed by atoms with E-state index < -0.39 is 11.5 Å². The summed E-state index contributed by atoms with van der Waals surface area (Å²) in [5.41, 5.74) is -0.940. The molecule has 1 fully saturated rings. The van der Waals surface area contributed by atoms with Crippen LogP contribution in [0.15, 0.2) is 36.5 Å². The molecular formula is C22H35NO3. The zero-order valence-electron chi connectivity index (χ0n) is 16.2. The van der Waals surface area contributed by atoms with Crippen LogP contribution in [-0.4, -0.2) is 22.5 Å². The molecule has 0 unspecified atom stereocenters. The van der Waals surface area contributed by atoms with Crippen LogP contribution in [0.1, 0.15) is 84.0 Å². The van der Waals surface area contributed by atoms with Crippen molar-refractivity contribution in [3.05, 3.63) is 36.5 Å². The average molecular weight is 362 g/mol. The van der Waals surface area contributed by atoms with Gasteiger partial charge in [0.1, 0.15) is 5.54 Å². The summed E-state index contributed by atoms with van der Waals surface area (Å²) in [6, 6.07) is 0. The maximum atomic E-state index is 11.7. The van der Waals surface area contributed by atoms with E-state index in [-0.39, 0.29) is 5.91 Å². The highest BCUT2D eigenvalue weighted by Gasteiger charge is 2.51. The fourth-order valence-corrected chi connectivity index (χ4v) is 2.75. The number of allylic oxidation sites excluding steroid dienone is 6. The lowest BCUT2D eigenvalue weighted by molar-refractivity contribution is -0.143. The Morgan fingerprint density at radius 1 is 0.885 bits per heavy atom. The minimum atomic E-state index is -0.940. The number of unbranched alkanes of at least 4 members (excludes halogenated alkanes) is 5. The standard InChI is InChI=1S/C22H35NO3/c1-2-3-4-5-6-7-8-9-10-11-12-13-14-15-16-17-20(24)23-22(18-19-22)21(25)26/h3-4,6-7,9-10H,2,5,8,11-19H2,1H3,(H,23,24)(H,25,26)/b4-3-,7-6-,10-9-. The lowest BCUT2D eigenvalue weighted by Crippen LogP contribution is -2.42. The van der Waals surface area contributed by atoms with Crippen LogP contribution in [0.3, 0.4) is 0 Å². The van der Waals surface area contributed by atoms with Crippen molar-refractivity contribution in [2.45, 2.75) is 89.5 Å². The average Bonchev–Trinajstić information content (AvgIpc) is 3.39. The summed E-state index contributed by atoms with van der Waals surface area (Å²) in [5, 5.41) is 11.7. The third kappa shape index (κ3) is 10.2. The highest BCUT2D eigenvalue weighted by molar-refractivity contribution is 5.89. The van der Waals surface area contributed by atoms with Gasteiger partial charge in [-0.05, 0) is 51.4 Å². The number of rotatable bonds is 15. The molecule has 0 saturated heterocycles. The largest absolute Gasteiger partial charge is 0.480 e. The number of nitrogens with one attached hydrogen (secondary N) is 1. The van der Waals surface area contributed by atoms with Crippen LogP contribution in [0.5, 0.6) is 0 Å². The quantitative estimate of drug-likeness (QED) is 0.307. The molecule has 2 N–H and O–H groups in total. The van der Waals surface area contributed by atoms with Gasteiger partial charge in [0.15, 0.2) is 0 Å². The van der Waals surface area contributed by atoms with Gasteiger partial charge in [-0.3, -0.25) is 4.79 Å². The number of hydrogen-bond donors (Lipinski definition) is 2. The smallest absolute Gasteiger partial charge is 0.329 e. The maximum absolute atomic E-state index is 11.7. The van der Waals surface area contributed by atoms with Crippen molar-refractivity contribution in [2.24, 2.45) is 0 Å². The second-order valence-corrected chi connectivity index (χ2v) is 7.04. The predicted molar refractivity (Wildman–Crippen MR) is 107 cm³/mol. The first-order chi connectivity index (χ1) is 12.6. The molecule has 1 rings (SSSR count). The third-order valence-corrected chi connectivity index (χ3v) is 4.59. The molecule has 4 nitrogen and oxygen atoms in total. The van der Waals surface area contributed by atoms with E-state index >= 15 is 0 Å². The third-order valence-electron chi connectivity index (χ3n) is 4.59. The molecular weight excluding hydrogens is 326 g/mol. The number of aliphatic carboxylic acids is 1. The van der Waals surface area contributed by atoms with Gasteiger partial charge in [-0.25, -0.2) is 4.79 Å². The second kappa shape index (κ2) is 13.4. The molecule has 0 heterocycles. The van der Waals surface area contributed by atoms with E-state index in [4.69, 9.17) is 5.11 Å². The van der Waals surface area contributed by atoms with E-state index in [2.05, 4.69) is 48.7 Å². The summed E-state index contributed by atoms with van der Waals surface area (Å²) >= 11 is 0. The lowest BCUT2D eigenvalue weighted by Gasteiger charge is -2.12. The molecule has 1 aliphatic rings. The monoisotopic (exact) mass is 361 g/mol. The van der Waals surface area contributed by atoms with Gasteiger partial charge in [-0.15, -0.1) is 0 Å². The van der Waals surface area contributed by atoms with Crippen LogP contribution in [0.2, 0.25) is 0 Å². The number of amides is 1. The molecule has 0 bridgehead atoms. The van der Waals surface area contributed by atoms with Gasteiger partial charge in [0.25, 0.3) is 0 Å². The summed E-state index contributed by atoms with van der Waals surface area (Å²) in [4.78, 5) is 22.7. The summed E-state index contributed by atoms with van der Waals surface area (Å²) in [6.07, 6.45) is 24.5. The minimum absolute atomic E-state index is 0.119. The summed E-state index contributed by atoms with van der Waals surface area (Å²) in [7, 11) is 0. The van der Waals surface area contributed by atoms with Gasteiger partial charge in [0.05, 0.1) is 0 Å². The van der Waals surface area contributed by atoms with Gasteiger partial charge in [-0.2, -0.15) is 0 Å². The molecule has 1 amide bonds. The molecule has 0 spiro atoms. The summed E-state index contributed by atoms with van der Waals surface area (Å²) in [6.45, 7) is 2.14. The first kappa shape index (κ1) is 22.2. The van der Waals surface area contributed by atoms with Crippen LogP contribution in [0.4, 0.5) is 0 Å². The highest BCUT2D eigenvalue weighted by atomic mass is 16.4. The first-order valence-electron chi connectivity index (χ1n) is 10.1. The second-order valence-electron chi connectivity index (χ2n) is 7.04. The fourth-order valence-electron chi connectivity index (χ4n) is 2.75. The van der Waals surface area contributed by atoms with Crippen molar-refractivity contribution < 1.29 is 14.7 Å². The lowest BCUT2D eigenvalue weighted by atomic mass is 10.1. The first-order valence-corrected chi connectivity index (χ1v) is 10.1. The molecule has 0 aromatic heterocycles. The van der Waals surface area contributed by atoms with Crippen molar-refractivity contribution in [2.75, 3.05) is 0 Å². The Kier molecular flexibility index (Phi) is 11.4. The Balaban J connectivity index is 1.89. The van der Waals surface area contributed by atoms with Crippen LogP contribution in [0, 0.1) is 0 Å². The maximum Gasteiger partial charge on any atom is 0.329 e. The van der Waals surface area contributed by atoms with Crippen molar-refractivity contribution in [1.82, 2.24) is 5.32 Å². The SMILES string of the molecule is CC/C=C\C/C=C\C/C=C\CCCCCCCC(=O)NC1(C(=O)O)CC1. The molecule has 0 aromatic rings. The van der Waals surface area contributed by atoms with Gasteiger partial charge in [0.2, 0.25) is 5.91 Å². The molecule has 4 heteroatoms. The Hall–Kier alpha value is -1.84. The Morgan fingerprint density at radius 2 is 1.46 bits per heavy atom. The molecule has 146 valence electrons. The Bertz CT molecular complexity index is 502. The normalized spacial score (nSPS) is 15.9. The molecule has 1 saturated carbocycles. The van der Waals surface area contributed by atoms with Crippen molar-refractivity contribution in [3.63, 3.8) is 0 Å². The number of carboxylic acids is 1. The van der Waals surface area contributed by atoms with E-state index in [1.54, 1.807) is 0 Å². The topological polar surface area (TPSA) is 66.4 Å². The number of carboxylic acid groups (broad SMARTS) is 1. The number of hydrogen-bond acceptors (Lipinski definition) is 2. The summed E-state index contributed by atoms with van der Waals surface area (Å²) in [5.74, 6) is -1.02. The van der Waals surface area contributed by atoms with Gasteiger partial charge in [0, 0.05) is 6.42 Å². The van der Waals surface area contributed by atoms with E-state index in [9.17, 15) is 9.59 Å². The van der Waals surface area contributed by atoms with E-state index in [0.717, 1.165) is 44.9 Å². The van der Waals surface area contributed by atoms with Crippen molar-refractivity contribution in [3.8, 4) is 0 Å². The number of carbonyl (C=O) groups excluding carboxylic acids is 1. The van der Waals surface area contributed by atoms with Gasteiger partial charge in [-0.1, -0.05) is 62.6 Å². The molecule has 0 radical (unpaired) electrons. The van der Waals surface area contributed by atoms with Gasteiger partial charge >= 0.3 is 5.97 Å². The minimum Gasteiger partial charge on any atom is -0.480 e. The molecule has 1 aliphatic carbocycles. The Morgan fingerprint density at radius 3 is 2.08 bits per heavy atom. The highest BCUT2D eigenvalue weighted by Crippen LogP contribution is 2.35. The molecule has 0 aliphatic heterocycles. The van der Waals surface area contributed by atoms with Crippen molar-refractivity contribution >= 4 is 11.9 Å². The fraction of sp³-hybridized carbons (Fsp3) is 0.636. The molecule has 26 heavy (non-hydrogen) atoms. The number of carbonyl (C=O) groups is 2. The van der Waals surface area contributed by atoms with Crippen LogP contribution in [0.25, 0.3) is 0 Å². The van der Waals surface area contributed by atoms with Crippen LogP contribution < -0.4 is 5.32 Å². The zero-order chi connectivity index (χ0) is 19.1. The molecule has 0 atom stereocenters. The van der Waals surface area contributed by atoms with Crippen LogP contribution >= 0.6 is 0 Å². The predicted octanol–water partition coefficient (Wildman–Crippen LogP) is 5.31. The van der Waals surface area contributed by atoms with E-state index in [0.29, 0.717) is 19.3 Å². The Labute approximate surface area is 158 Å². The molecule has 0 aromatic carbocycles.